The first-order chi connectivity index (χ1) is 12.0. The summed E-state index contributed by atoms with van der Waals surface area (Å²) < 4.78 is 11.8. The standard InChI is InChI=1S/C14H17N5O6/c1-24-4-2-3-7-11-12(16-14(15)19(23)13(11)22)18(17-7)10-5-8(21)9(6-20)25-10/h8-10,20-21,23H,4-6H2,1H3,(H2,15,16). The minimum atomic E-state index is -0.896. The molecule has 0 amide bonds. The number of rotatable bonds is 3. The summed E-state index contributed by atoms with van der Waals surface area (Å²) in [5.41, 5.74) is 4.84. The zero-order valence-electron chi connectivity index (χ0n) is 13.3. The van der Waals surface area contributed by atoms with E-state index in [1.54, 1.807) is 0 Å². The molecule has 0 aliphatic carbocycles. The Bertz CT molecular complexity index is 910. The molecule has 1 aliphatic rings. The zero-order valence-corrected chi connectivity index (χ0v) is 13.3. The van der Waals surface area contributed by atoms with Gasteiger partial charge < -0.3 is 30.6 Å². The SMILES string of the molecule is COCC#Cc1nn(C2CC(O)C(CO)O2)c2nc(N)n(O)c(=O)c12. The average Bonchev–Trinajstić information content (AvgIpc) is 3.13. The number of aliphatic hydroxyl groups is 2. The van der Waals surface area contributed by atoms with Crippen molar-refractivity contribution in [2.45, 2.75) is 24.9 Å². The van der Waals surface area contributed by atoms with Crippen molar-refractivity contribution in [3.05, 3.63) is 16.0 Å². The van der Waals surface area contributed by atoms with E-state index in [2.05, 4.69) is 21.9 Å². The lowest BCUT2D eigenvalue weighted by molar-refractivity contribution is -0.0470. The number of aromatic nitrogens is 4. The summed E-state index contributed by atoms with van der Waals surface area (Å²) in [6.07, 6.45) is -2.30. The minimum Gasteiger partial charge on any atom is -0.422 e. The van der Waals surface area contributed by atoms with Gasteiger partial charge in [0.05, 0.1) is 12.7 Å². The lowest BCUT2D eigenvalue weighted by atomic mass is 10.2. The number of nitrogens with zero attached hydrogens (tertiary/aromatic N) is 4. The smallest absolute Gasteiger partial charge is 0.300 e. The van der Waals surface area contributed by atoms with Crippen molar-refractivity contribution in [1.82, 2.24) is 19.5 Å². The van der Waals surface area contributed by atoms with Gasteiger partial charge in [-0.1, -0.05) is 5.92 Å². The molecular formula is C14H17N5O6. The quantitative estimate of drug-likeness (QED) is 0.364. The van der Waals surface area contributed by atoms with Gasteiger partial charge in [-0.05, 0) is 5.92 Å². The van der Waals surface area contributed by atoms with E-state index in [9.17, 15) is 20.2 Å². The van der Waals surface area contributed by atoms with Gasteiger partial charge in [0.1, 0.15) is 18.1 Å². The van der Waals surface area contributed by atoms with Gasteiger partial charge in [-0.3, -0.25) is 4.79 Å². The number of hydrogen-bond acceptors (Lipinski definition) is 9. The van der Waals surface area contributed by atoms with Crippen molar-refractivity contribution < 1.29 is 24.9 Å². The zero-order chi connectivity index (χ0) is 18.1. The Hall–Kier alpha value is -2.65. The van der Waals surface area contributed by atoms with E-state index in [-0.39, 0.29) is 41.1 Å². The molecule has 0 bridgehead atoms. The second-order valence-corrected chi connectivity index (χ2v) is 5.43. The Morgan fingerprint density at radius 1 is 1.52 bits per heavy atom. The largest absolute Gasteiger partial charge is 0.422 e. The highest BCUT2D eigenvalue weighted by Crippen LogP contribution is 2.30. The molecule has 2 aromatic heterocycles. The molecule has 2 aromatic rings. The van der Waals surface area contributed by atoms with Crippen LogP contribution < -0.4 is 11.3 Å². The third kappa shape index (κ3) is 2.92. The van der Waals surface area contributed by atoms with Gasteiger partial charge in [-0.25, -0.2) is 4.68 Å². The minimum absolute atomic E-state index is 0.0363. The number of nitrogens with two attached hydrogens (primary N) is 1. The summed E-state index contributed by atoms with van der Waals surface area (Å²) in [6.45, 7) is -0.244. The molecule has 134 valence electrons. The Labute approximate surface area is 141 Å². The predicted octanol–water partition coefficient (Wildman–Crippen LogP) is -1.95. The molecule has 3 unspecified atom stereocenters. The molecule has 11 heteroatoms. The van der Waals surface area contributed by atoms with Crippen LogP contribution in [0, 0.1) is 11.8 Å². The average molecular weight is 351 g/mol. The van der Waals surface area contributed by atoms with Gasteiger partial charge in [0.25, 0.3) is 5.56 Å². The van der Waals surface area contributed by atoms with Gasteiger partial charge in [0, 0.05) is 13.5 Å². The lowest BCUT2D eigenvalue weighted by Gasteiger charge is -2.13. The van der Waals surface area contributed by atoms with Crippen LogP contribution in [0.15, 0.2) is 4.79 Å². The number of fused-ring (bicyclic) bond motifs is 1. The number of methoxy groups -OCH3 is 1. The van der Waals surface area contributed by atoms with Gasteiger partial charge in [-0.2, -0.15) is 10.1 Å². The monoisotopic (exact) mass is 351 g/mol. The van der Waals surface area contributed by atoms with E-state index in [1.165, 1.54) is 11.8 Å². The summed E-state index contributed by atoms with van der Waals surface area (Å²) in [5.74, 6) is 4.92. The van der Waals surface area contributed by atoms with Crippen molar-refractivity contribution in [2.75, 3.05) is 26.1 Å². The summed E-state index contributed by atoms with van der Waals surface area (Å²) in [6, 6.07) is 0. The Balaban J connectivity index is 2.17. The first kappa shape index (κ1) is 17.2. The molecule has 0 aromatic carbocycles. The maximum atomic E-state index is 12.3. The molecule has 1 aliphatic heterocycles. The van der Waals surface area contributed by atoms with Crippen LogP contribution in [0.2, 0.25) is 0 Å². The molecule has 0 spiro atoms. The number of ether oxygens (including phenoxy) is 2. The maximum Gasteiger partial charge on any atom is 0.300 e. The molecule has 0 saturated carbocycles. The maximum absolute atomic E-state index is 12.3. The molecule has 3 heterocycles. The Morgan fingerprint density at radius 2 is 2.28 bits per heavy atom. The summed E-state index contributed by atoms with van der Waals surface area (Å²) in [4.78, 5) is 16.3. The molecule has 3 atom stereocenters. The lowest BCUT2D eigenvalue weighted by Crippen LogP contribution is -2.24. The Kier molecular flexibility index (Phi) is 4.60. The highest BCUT2D eigenvalue weighted by molar-refractivity contribution is 5.81. The predicted molar refractivity (Wildman–Crippen MR) is 83.8 cm³/mol. The van der Waals surface area contributed by atoms with E-state index in [4.69, 9.17) is 15.2 Å². The van der Waals surface area contributed by atoms with Crippen LogP contribution in [-0.2, 0) is 9.47 Å². The molecule has 1 fully saturated rings. The molecule has 11 nitrogen and oxygen atoms in total. The molecule has 5 N–H and O–H groups in total. The van der Waals surface area contributed by atoms with Gasteiger partial charge in [0.15, 0.2) is 17.6 Å². The van der Waals surface area contributed by atoms with E-state index in [1.807, 2.05) is 0 Å². The molecule has 1 saturated heterocycles. The fourth-order valence-electron chi connectivity index (χ4n) is 2.60. The summed E-state index contributed by atoms with van der Waals surface area (Å²) in [7, 11) is 1.47. The molecule has 3 rings (SSSR count). The second kappa shape index (κ2) is 6.69. The number of nitrogen functional groups attached to an aromatic ring is 1. The third-order valence-corrected chi connectivity index (χ3v) is 3.81. The van der Waals surface area contributed by atoms with Gasteiger partial charge >= 0.3 is 0 Å². The highest BCUT2D eigenvalue weighted by Gasteiger charge is 2.36. The van der Waals surface area contributed by atoms with Crippen molar-refractivity contribution in [3.63, 3.8) is 0 Å². The fourth-order valence-corrected chi connectivity index (χ4v) is 2.60. The van der Waals surface area contributed by atoms with Crippen molar-refractivity contribution in [1.29, 1.82) is 0 Å². The van der Waals surface area contributed by atoms with Crippen LogP contribution in [0.1, 0.15) is 18.3 Å². The van der Waals surface area contributed by atoms with Crippen molar-refractivity contribution in [3.8, 4) is 11.8 Å². The van der Waals surface area contributed by atoms with Crippen LogP contribution in [0.25, 0.3) is 11.0 Å². The number of hydrogen-bond donors (Lipinski definition) is 4. The van der Waals surface area contributed by atoms with Crippen molar-refractivity contribution in [2.24, 2.45) is 0 Å². The molecule has 25 heavy (non-hydrogen) atoms. The number of anilines is 1. The van der Waals surface area contributed by atoms with Crippen LogP contribution in [0.5, 0.6) is 0 Å². The Morgan fingerprint density at radius 3 is 2.92 bits per heavy atom. The topological polar surface area (TPSA) is 158 Å². The highest BCUT2D eigenvalue weighted by atomic mass is 16.5. The van der Waals surface area contributed by atoms with Crippen LogP contribution in [0.4, 0.5) is 5.95 Å². The van der Waals surface area contributed by atoms with E-state index in [0.29, 0.717) is 0 Å². The van der Waals surface area contributed by atoms with Crippen molar-refractivity contribution >= 4 is 17.0 Å². The first-order valence-corrected chi connectivity index (χ1v) is 7.40. The number of aliphatic hydroxyl groups excluding tert-OH is 2. The summed E-state index contributed by atoms with van der Waals surface area (Å²) >= 11 is 0. The second-order valence-electron chi connectivity index (χ2n) is 5.43. The van der Waals surface area contributed by atoms with E-state index in [0.717, 1.165) is 0 Å². The molecule has 0 radical (unpaired) electrons. The first-order valence-electron chi connectivity index (χ1n) is 7.40. The van der Waals surface area contributed by atoms with Crippen LogP contribution >= 0.6 is 0 Å². The molecular weight excluding hydrogens is 334 g/mol. The third-order valence-electron chi connectivity index (χ3n) is 3.81. The van der Waals surface area contributed by atoms with Gasteiger partial charge in [0.2, 0.25) is 5.95 Å². The fraction of sp³-hybridized carbons (Fsp3) is 0.500. The normalized spacial score (nSPS) is 22.9. The van der Waals surface area contributed by atoms with Crippen LogP contribution in [-0.4, -0.2) is 67.4 Å². The van der Waals surface area contributed by atoms with E-state index >= 15 is 0 Å². The van der Waals surface area contributed by atoms with Crippen LogP contribution in [0.3, 0.4) is 0 Å². The summed E-state index contributed by atoms with van der Waals surface area (Å²) in [5, 5.41) is 33.0. The van der Waals surface area contributed by atoms with Gasteiger partial charge in [-0.15, -0.1) is 4.73 Å². The van der Waals surface area contributed by atoms with E-state index < -0.39 is 29.9 Å².